The molecule has 33 heavy (non-hydrogen) atoms. The Labute approximate surface area is 198 Å². The molecule has 1 saturated heterocycles. The predicted octanol–water partition coefficient (Wildman–Crippen LogP) is 4.95. The SMILES string of the molecule is C[C@H](CCN1CCO[C@H](C(F)F)C1)[C@H]1CC[C@H]2/C(=C/C=C3C[C@@H](O)C[C@H](O)C3)CCC[C@]12C. The van der Waals surface area contributed by atoms with Gasteiger partial charge in [-0.3, -0.25) is 4.90 Å². The molecule has 4 rings (SSSR count). The zero-order chi connectivity index (χ0) is 23.6. The number of halogens is 2. The number of nitrogens with zero attached hydrogens (tertiary/aromatic N) is 1. The van der Waals surface area contributed by atoms with Crippen molar-refractivity contribution in [1.29, 1.82) is 0 Å². The molecule has 6 heteroatoms. The molecule has 0 amide bonds. The number of hydrogen-bond acceptors (Lipinski definition) is 4. The maximum atomic E-state index is 13.0. The number of aliphatic hydroxyl groups excluding tert-OH is 2. The average Bonchev–Trinajstić information content (AvgIpc) is 3.13. The van der Waals surface area contributed by atoms with Gasteiger partial charge in [0.05, 0.1) is 18.8 Å². The van der Waals surface area contributed by atoms with Crippen molar-refractivity contribution >= 4 is 0 Å². The molecule has 0 spiro atoms. The topological polar surface area (TPSA) is 52.9 Å². The zero-order valence-electron chi connectivity index (χ0n) is 20.4. The van der Waals surface area contributed by atoms with Gasteiger partial charge in [0.1, 0.15) is 6.10 Å². The molecular formula is C27H43F2NO3. The molecule has 1 aliphatic heterocycles. The molecule has 188 valence electrons. The maximum Gasteiger partial charge on any atom is 0.265 e. The number of ether oxygens (including phenoxy) is 1. The minimum atomic E-state index is -2.40. The fraction of sp³-hybridized carbons (Fsp3) is 0.852. The first-order valence-electron chi connectivity index (χ1n) is 13.1. The van der Waals surface area contributed by atoms with Crippen LogP contribution in [0.25, 0.3) is 0 Å². The quantitative estimate of drug-likeness (QED) is 0.580. The average molecular weight is 468 g/mol. The summed E-state index contributed by atoms with van der Waals surface area (Å²) in [5, 5.41) is 20.0. The largest absolute Gasteiger partial charge is 0.393 e. The lowest BCUT2D eigenvalue weighted by Gasteiger charge is -2.45. The second-order valence-corrected chi connectivity index (χ2v) is 11.4. The lowest BCUT2D eigenvalue weighted by molar-refractivity contribution is -0.103. The Morgan fingerprint density at radius 1 is 1.18 bits per heavy atom. The van der Waals surface area contributed by atoms with Gasteiger partial charge in [0.2, 0.25) is 0 Å². The summed E-state index contributed by atoms with van der Waals surface area (Å²) < 4.78 is 31.3. The van der Waals surface area contributed by atoms with E-state index >= 15 is 0 Å². The van der Waals surface area contributed by atoms with Gasteiger partial charge < -0.3 is 14.9 Å². The summed E-state index contributed by atoms with van der Waals surface area (Å²) in [7, 11) is 0. The second-order valence-electron chi connectivity index (χ2n) is 11.4. The highest BCUT2D eigenvalue weighted by atomic mass is 19.3. The Morgan fingerprint density at radius 3 is 2.67 bits per heavy atom. The molecule has 3 saturated carbocycles. The molecule has 2 N–H and O–H groups in total. The molecule has 4 fully saturated rings. The highest BCUT2D eigenvalue weighted by Crippen LogP contribution is 2.59. The molecule has 0 aromatic rings. The van der Waals surface area contributed by atoms with Crippen LogP contribution in [0.1, 0.15) is 71.6 Å². The molecule has 4 nitrogen and oxygen atoms in total. The van der Waals surface area contributed by atoms with E-state index in [1.807, 2.05) is 0 Å². The third kappa shape index (κ3) is 5.88. The van der Waals surface area contributed by atoms with Crippen LogP contribution in [0.4, 0.5) is 8.78 Å². The molecule has 4 aliphatic rings. The van der Waals surface area contributed by atoms with Gasteiger partial charge in [0.25, 0.3) is 6.43 Å². The summed E-state index contributed by atoms with van der Waals surface area (Å²) in [6, 6.07) is 0. The van der Waals surface area contributed by atoms with Crippen molar-refractivity contribution in [1.82, 2.24) is 4.90 Å². The van der Waals surface area contributed by atoms with Crippen molar-refractivity contribution in [2.75, 3.05) is 26.2 Å². The number of hydrogen-bond donors (Lipinski definition) is 2. The van der Waals surface area contributed by atoms with Crippen LogP contribution in [0.15, 0.2) is 23.3 Å². The molecular weight excluding hydrogens is 424 g/mol. The van der Waals surface area contributed by atoms with Gasteiger partial charge in [-0.25, -0.2) is 8.78 Å². The normalized spacial score (nSPS) is 40.3. The molecule has 1 heterocycles. The second kappa shape index (κ2) is 10.8. The summed E-state index contributed by atoms with van der Waals surface area (Å²) in [5.41, 5.74) is 3.02. The summed E-state index contributed by atoms with van der Waals surface area (Å²) in [5.74, 6) is 1.86. The van der Waals surface area contributed by atoms with Crippen molar-refractivity contribution < 1.29 is 23.7 Å². The van der Waals surface area contributed by atoms with Gasteiger partial charge >= 0.3 is 0 Å². The van der Waals surface area contributed by atoms with E-state index in [-0.39, 0.29) is 0 Å². The number of aliphatic hydroxyl groups is 2. The van der Waals surface area contributed by atoms with Crippen LogP contribution in [0.2, 0.25) is 0 Å². The summed E-state index contributed by atoms with van der Waals surface area (Å²) >= 11 is 0. The van der Waals surface area contributed by atoms with Crippen molar-refractivity contribution in [3.8, 4) is 0 Å². The Bertz CT molecular complexity index is 714. The molecule has 0 aromatic carbocycles. The van der Waals surface area contributed by atoms with Gasteiger partial charge in [0, 0.05) is 13.1 Å². The molecule has 7 atom stereocenters. The van der Waals surface area contributed by atoms with Crippen molar-refractivity contribution in [3.05, 3.63) is 23.3 Å². The summed E-state index contributed by atoms with van der Waals surface area (Å²) in [4.78, 5) is 2.16. The smallest absolute Gasteiger partial charge is 0.265 e. The van der Waals surface area contributed by atoms with Crippen LogP contribution in [0.5, 0.6) is 0 Å². The number of morpholine rings is 1. The number of allylic oxidation sites excluding steroid dienone is 3. The molecule has 0 unspecified atom stereocenters. The van der Waals surface area contributed by atoms with Crippen LogP contribution in [0, 0.1) is 23.2 Å². The summed E-state index contributed by atoms with van der Waals surface area (Å²) in [6.07, 6.45) is 9.33. The monoisotopic (exact) mass is 467 g/mol. The highest BCUT2D eigenvalue weighted by Gasteiger charge is 2.50. The lowest BCUT2D eigenvalue weighted by atomic mass is 9.61. The van der Waals surface area contributed by atoms with Crippen LogP contribution >= 0.6 is 0 Å². The van der Waals surface area contributed by atoms with E-state index in [2.05, 4.69) is 30.9 Å². The van der Waals surface area contributed by atoms with E-state index in [0.29, 0.717) is 55.6 Å². The minimum absolute atomic E-state index is 0.310. The van der Waals surface area contributed by atoms with Crippen molar-refractivity contribution in [2.24, 2.45) is 23.2 Å². The number of fused-ring (bicyclic) bond motifs is 1. The molecule has 0 aromatic heterocycles. The summed E-state index contributed by atoms with van der Waals surface area (Å²) in [6.45, 7) is 7.25. The molecule has 0 radical (unpaired) electrons. The van der Waals surface area contributed by atoms with Crippen LogP contribution in [0.3, 0.4) is 0 Å². The van der Waals surface area contributed by atoms with Crippen LogP contribution in [-0.2, 0) is 4.74 Å². The fourth-order valence-corrected chi connectivity index (χ4v) is 7.42. The van der Waals surface area contributed by atoms with E-state index in [9.17, 15) is 19.0 Å². The van der Waals surface area contributed by atoms with Gasteiger partial charge in [-0.05, 0) is 87.5 Å². The van der Waals surface area contributed by atoms with E-state index in [0.717, 1.165) is 31.5 Å². The Morgan fingerprint density at radius 2 is 1.94 bits per heavy atom. The zero-order valence-corrected chi connectivity index (χ0v) is 20.4. The third-order valence-corrected chi connectivity index (χ3v) is 9.16. The van der Waals surface area contributed by atoms with Gasteiger partial charge in [-0.15, -0.1) is 0 Å². The number of rotatable bonds is 6. The fourth-order valence-electron chi connectivity index (χ4n) is 7.42. The Hall–Kier alpha value is -0.820. The first-order chi connectivity index (χ1) is 15.8. The first-order valence-corrected chi connectivity index (χ1v) is 13.1. The van der Waals surface area contributed by atoms with Gasteiger partial charge in [-0.2, -0.15) is 0 Å². The molecule has 3 aliphatic carbocycles. The lowest BCUT2D eigenvalue weighted by Crippen LogP contribution is -2.46. The van der Waals surface area contributed by atoms with E-state index in [4.69, 9.17) is 4.74 Å². The molecule has 0 bridgehead atoms. The predicted molar refractivity (Wildman–Crippen MR) is 126 cm³/mol. The Balaban J connectivity index is 1.37. The first kappa shape index (κ1) is 25.3. The van der Waals surface area contributed by atoms with E-state index < -0.39 is 24.7 Å². The third-order valence-electron chi connectivity index (χ3n) is 9.16. The van der Waals surface area contributed by atoms with E-state index in [1.54, 1.807) is 5.57 Å². The maximum absolute atomic E-state index is 13.0. The van der Waals surface area contributed by atoms with Crippen LogP contribution < -0.4 is 0 Å². The van der Waals surface area contributed by atoms with Crippen molar-refractivity contribution in [2.45, 2.75) is 96.4 Å². The minimum Gasteiger partial charge on any atom is -0.393 e. The Kier molecular flexibility index (Phi) is 8.31. The van der Waals surface area contributed by atoms with Gasteiger partial charge in [0.15, 0.2) is 0 Å². The van der Waals surface area contributed by atoms with Gasteiger partial charge in [-0.1, -0.05) is 37.1 Å². The van der Waals surface area contributed by atoms with Crippen molar-refractivity contribution in [3.63, 3.8) is 0 Å². The highest BCUT2D eigenvalue weighted by molar-refractivity contribution is 5.26. The van der Waals surface area contributed by atoms with E-state index in [1.165, 1.54) is 25.7 Å². The number of alkyl halides is 2. The standard InChI is InChI=1S/C27H43F2NO3/c1-18(9-11-30-12-13-33-25(17-30)26(28)29)23-7-8-24-20(4-3-10-27(23,24)2)6-5-19-14-21(31)16-22(32)15-19/h5-6,18,21-26,31-32H,3-4,7-17H2,1-2H3/b20-6+/t18-,21-,22-,23-,24+,25+,27-/m1/s1. The van der Waals surface area contributed by atoms with Crippen LogP contribution in [-0.4, -0.2) is 66.1 Å².